The molecule has 2 aromatic rings. The molecule has 0 amide bonds. The second-order valence-corrected chi connectivity index (χ2v) is 8.60. The first-order valence-electron chi connectivity index (χ1n) is 10.3. The van der Waals surface area contributed by atoms with E-state index in [0.29, 0.717) is 39.2 Å². The van der Waals surface area contributed by atoms with Crippen molar-refractivity contribution in [2.75, 3.05) is 6.61 Å². The molecule has 0 aliphatic heterocycles. The Morgan fingerprint density at radius 1 is 0.897 bits per heavy atom. The lowest BCUT2D eigenvalue weighted by Crippen LogP contribution is -2.28. The van der Waals surface area contributed by atoms with Crippen LogP contribution in [0.4, 0.5) is 0 Å². The predicted molar refractivity (Wildman–Crippen MR) is 122 cm³/mol. The molecule has 0 bridgehead atoms. The van der Waals surface area contributed by atoms with Gasteiger partial charge in [0.25, 0.3) is 0 Å². The fraction of sp³-hybridized carbons (Fsp3) is 0.478. The number of hydrogen-bond donors (Lipinski definition) is 1. The van der Waals surface area contributed by atoms with Gasteiger partial charge in [-0.05, 0) is 43.5 Å². The summed E-state index contributed by atoms with van der Waals surface area (Å²) < 4.78 is 11.8. The van der Waals surface area contributed by atoms with Gasteiger partial charge in [-0.3, -0.25) is 0 Å². The van der Waals surface area contributed by atoms with Gasteiger partial charge >= 0.3 is 0 Å². The third-order valence-electron chi connectivity index (χ3n) is 5.28. The molecule has 0 spiro atoms. The summed E-state index contributed by atoms with van der Waals surface area (Å²) in [6.45, 7) is 3.46. The third-order valence-corrected chi connectivity index (χ3v) is 6.34. The van der Waals surface area contributed by atoms with Crippen LogP contribution in [-0.2, 0) is 13.2 Å². The Morgan fingerprint density at radius 2 is 1.55 bits per heavy atom. The van der Waals surface area contributed by atoms with Crippen LogP contribution in [0.5, 0.6) is 11.5 Å². The molecule has 29 heavy (non-hydrogen) atoms. The lowest BCUT2D eigenvalue weighted by Gasteiger charge is -2.19. The van der Waals surface area contributed by atoms with Gasteiger partial charge in [0.05, 0.1) is 6.61 Å². The fourth-order valence-corrected chi connectivity index (χ4v) is 4.38. The van der Waals surface area contributed by atoms with Crippen molar-refractivity contribution in [3.05, 3.63) is 56.5 Å². The van der Waals surface area contributed by atoms with E-state index in [1.165, 1.54) is 38.5 Å². The van der Waals surface area contributed by atoms with Crippen molar-refractivity contribution < 1.29 is 9.47 Å². The van der Waals surface area contributed by atoms with E-state index in [1.54, 1.807) is 12.1 Å². The second kappa shape index (κ2) is 11.3. The summed E-state index contributed by atoms with van der Waals surface area (Å²) in [5.74, 6) is 1.27. The molecule has 2 aromatic carbocycles. The molecule has 0 aromatic heterocycles. The van der Waals surface area contributed by atoms with Gasteiger partial charge in [0, 0.05) is 39.3 Å². The fourth-order valence-electron chi connectivity index (χ4n) is 3.65. The van der Waals surface area contributed by atoms with Crippen LogP contribution in [0.3, 0.4) is 0 Å². The highest BCUT2D eigenvalue weighted by Gasteiger charge is 2.16. The number of benzene rings is 2. The van der Waals surface area contributed by atoms with Gasteiger partial charge in [-0.25, -0.2) is 0 Å². The average Bonchev–Trinajstić information content (AvgIpc) is 2.97. The van der Waals surface area contributed by atoms with E-state index in [2.05, 4.69) is 5.32 Å². The minimum atomic E-state index is 0.245. The van der Waals surface area contributed by atoms with E-state index in [1.807, 2.05) is 25.1 Å². The second-order valence-electron chi connectivity index (χ2n) is 7.38. The summed E-state index contributed by atoms with van der Waals surface area (Å²) in [7, 11) is 0. The minimum Gasteiger partial charge on any atom is -0.490 e. The van der Waals surface area contributed by atoms with Gasteiger partial charge in [0.2, 0.25) is 0 Å². The van der Waals surface area contributed by atoms with Crippen LogP contribution in [0.25, 0.3) is 0 Å². The van der Waals surface area contributed by atoms with Gasteiger partial charge in [0.1, 0.15) is 6.61 Å². The molecule has 1 N–H and O–H groups in total. The molecular weight excluding hydrogens is 429 g/mol. The maximum atomic E-state index is 6.57. The smallest absolute Gasteiger partial charge is 0.163 e. The van der Waals surface area contributed by atoms with Gasteiger partial charge in [-0.2, -0.15) is 0 Å². The van der Waals surface area contributed by atoms with Crippen molar-refractivity contribution in [2.45, 2.75) is 64.6 Å². The zero-order valence-electron chi connectivity index (χ0n) is 16.8. The van der Waals surface area contributed by atoms with Crippen LogP contribution in [0, 0.1) is 0 Å². The first kappa shape index (κ1) is 22.6. The zero-order chi connectivity index (χ0) is 20.6. The number of halogens is 3. The molecule has 1 aliphatic rings. The molecule has 3 rings (SSSR count). The van der Waals surface area contributed by atoms with E-state index >= 15 is 0 Å². The van der Waals surface area contributed by atoms with Gasteiger partial charge in [0.15, 0.2) is 11.5 Å². The van der Waals surface area contributed by atoms with Crippen molar-refractivity contribution in [1.82, 2.24) is 5.32 Å². The van der Waals surface area contributed by atoms with Crippen molar-refractivity contribution in [3.8, 4) is 11.5 Å². The summed E-state index contributed by atoms with van der Waals surface area (Å²) >= 11 is 19.1. The SMILES string of the molecule is CCOc1cc(CNC2CCCCCC2)c(Cl)cc1OCc1c(Cl)cccc1Cl. The van der Waals surface area contributed by atoms with Crippen molar-refractivity contribution >= 4 is 34.8 Å². The highest BCUT2D eigenvalue weighted by molar-refractivity contribution is 6.36. The molecule has 3 nitrogen and oxygen atoms in total. The van der Waals surface area contributed by atoms with Crippen LogP contribution in [0.1, 0.15) is 56.6 Å². The maximum absolute atomic E-state index is 6.57. The van der Waals surface area contributed by atoms with Crippen LogP contribution in [0.15, 0.2) is 30.3 Å². The minimum absolute atomic E-state index is 0.245. The monoisotopic (exact) mass is 455 g/mol. The van der Waals surface area contributed by atoms with E-state index < -0.39 is 0 Å². The van der Waals surface area contributed by atoms with E-state index in [4.69, 9.17) is 44.3 Å². The van der Waals surface area contributed by atoms with Crippen molar-refractivity contribution in [3.63, 3.8) is 0 Å². The Morgan fingerprint density at radius 3 is 2.21 bits per heavy atom. The van der Waals surface area contributed by atoms with Gasteiger partial charge in [-0.15, -0.1) is 0 Å². The first-order chi connectivity index (χ1) is 14.1. The molecule has 0 heterocycles. The molecule has 6 heteroatoms. The topological polar surface area (TPSA) is 30.5 Å². The van der Waals surface area contributed by atoms with Gasteiger partial charge < -0.3 is 14.8 Å². The first-order valence-corrected chi connectivity index (χ1v) is 11.5. The quantitative estimate of drug-likeness (QED) is 0.419. The highest BCUT2D eigenvalue weighted by atomic mass is 35.5. The lowest BCUT2D eigenvalue weighted by atomic mass is 10.1. The molecule has 0 atom stereocenters. The Balaban J connectivity index is 1.71. The van der Waals surface area contributed by atoms with Crippen molar-refractivity contribution in [2.24, 2.45) is 0 Å². The van der Waals surface area contributed by atoms with Gasteiger partial charge in [-0.1, -0.05) is 66.6 Å². The number of ether oxygens (including phenoxy) is 2. The summed E-state index contributed by atoms with van der Waals surface area (Å²) in [5, 5.41) is 5.48. The number of rotatable bonds is 8. The molecule has 158 valence electrons. The summed E-state index contributed by atoms with van der Waals surface area (Å²) in [6, 6.07) is 9.76. The van der Waals surface area contributed by atoms with E-state index in [-0.39, 0.29) is 6.61 Å². The molecular formula is C23H28Cl3NO2. The average molecular weight is 457 g/mol. The number of nitrogens with one attached hydrogen (secondary N) is 1. The molecule has 0 saturated heterocycles. The van der Waals surface area contributed by atoms with Crippen LogP contribution >= 0.6 is 34.8 Å². The zero-order valence-corrected chi connectivity index (χ0v) is 19.0. The highest BCUT2D eigenvalue weighted by Crippen LogP contribution is 2.35. The third kappa shape index (κ3) is 6.42. The van der Waals surface area contributed by atoms with E-state index in [0.717, 1.165) is 17.7 Å². The summed E-state index contributed by atoms with van der Waals surface area (Å²) in [4.78, 5) is 0. The Kier molecular flexibility index (Phi) is 8.80. The molecule has 1 saturated carbocycles. The standard InChI is InChI=1S/C23H28Cl3NO2/c1-2-28-22-12-16(14-27-17-8-5-3-4-6-9-17)21(26)13-23(22)29-15-18-19(24)10-7-11-20(18)25/h7,10-13,17,27H,2-6,8-9,14-15H2,1H3. The Bertz CT molecular complexity index is 785. The van der Waals surface area contributed by atoms with Crippen molar-refractivity contribution in [1.29, 1.82) is 0 Å². The summed E-state index contributed by atoms with van der Waals surface area (Å²) in [5.41, 5.74) is 1.76. The molecule has 1 aliphatic carbocycles. The normalized spacial score (nSPS) is 15.2. The molecule has 0 unspecified atom stereocenters. The molecule has 1 fully saturated rings. The largest absolute Gasteiger partial charge is 0.490 e. The van der Waals surface area contributed by atoms with Crippen LogP contribution in [-0.4, -0.2) is 12.6 Å². The lowest BCUT2D eigenvalue weighted by molar-refractivity contribution is 0.269. The predicted octanol–water partition coefficient (Wildman–Crippen LogP) is 7.44. The maximum Gasteiger partial charge on any atom is 0.163 e. The Hall–Kier alpha value is -1.13. The Labute approximate surface area is 188 Å². The molecule has 0 radical (unpaired) electrons. The number of hydrogen-bond acceptors (Lipinski definition) is 3. The summed E-state index contributed by atoms with van der Waals surface area (Å²) in [6.07, 6.45) is 7.75. The van der Waals surface area contributed by atoms with Crippen LogP contribution in [0.2, 0.25) is 15.1 Å². The van der Waals surface area contributed by atoms with Crippen LogP contribution < -0.4 is 14.8 Å². The van der Waals surface area contributed by atoms with E-state index in [9.17, 15) is 0 Å².